The number of esters is 1. The molecule has 1 unspecified atom stereocenters. The number of methoxy groups -OCH3 is 1. The first-order valence-corrected chi connectivity index (χ1v) is 7.74. The maximum atomic E-state index is 12.2. The van der Waals surface area contributed by atoms with Crippen LogP contribution in [-0.4, -0.2) is 23.0 Å². The van der Waals surface area contributed by atoms with Crippen molar-refractivity contribution in [2.24, 2.45) is 11.1 Å². The van der Waals surface area contributed by atoms with Gasteiger partial charge in [-0.05, 0) is 11.5 Å². The minimum atomic E-state index is -0.550. The molecular weight excluding hydrogens is 306 g/mol. The molecule has 0 amide bonds. The van der Waals surface area contributed by atoms with Crippen molar-refractivity contribution in [2.45, 2.75) is 26.8 Å². The molecule has 0 aliphatic heterocycles. The second kappa shape index (κ2) is 5.79. The van der Waals surface area contributed by atoms with Gasteiger partial charge in [-0.3, -0.25) is 0 Å². The maximum absolute atomic E-state index is 12.2. The number of oxazole rings is 1. The summed E-state index contributed by atoms with van der Waals surface area (Å²) < 4.78 is 10.8. The zero-order valence-electron chi connectivity index (χ0n) is 14.2. The van der Waals surface area contributed by atoms with Gasteiger partial charge in [-0.1, -0.05) is 39.0 Å². The molecule has 3 rings (SSSR count). The third-order valence-corrected chi connectivity index (χ3v) is 4.06. The number of rotatable bonds is 3. The molecule has 3 N–H and O–H groups in total. The third kappa shape index (κ3) is 2.69. The molecule has 6 nitrogen and oxygen atoms in total. The van der Waals surface area contributed by atoms with Gasteiger partial charge in [0.2, 0.25) is 5.89 Å². The van der Waals surface area contributed by atoms with Gasteiger partial charge < -0.3 is 19.9 Å². The average molecular weight is 327 g/mol. The first-order valence-electron chi connectivity index (χ1n) is 7.74. The number of aromatic nitrogens is 2. The number of nitrogens with one attached hydrogen (secondary N) is 1. The Bertz CT molecular complexity index is 886. The normalized spacial score (nSPS) is 13.2. The SMILES string of the molecule is COC(=O)c1nc(C(N)C(C)(C)C)oc1-c1c[nH]c2ccccc12. The highest BCUT2D eigenvalue weighted by molar-refractivity contribution is 6.00. The average Bonchev–Trinajstić information content (AvgIpc) is 3.16. The van der Waals surface area contributed by atoms with Crippen molar-refractivity contribution in [3.05, 3.63) is 42.0 Å². The van der Waals surface area contributed by atoms with Crippen molar-refractivity contribution < 1.29 is 13.9 Å². The standard InChI is InChI=1S/C18H21N3O3/c1-18(2,3)15(19)16-21-13(17(22)23-4)14(24-16)11-9-20-12-8-6-5-7-10(11)12/h5-9,15,20H,19H2,1-4H3. The predicted molar refractivity (Wildman–Crippen MR) is 91.5 cm³/mol. The van der Waals surface area contributed by atoms with Gasteiger partial charge in [-0.15, -0.1) is 0 Å². The van der Waals surface area contributed by atoms with Crippen molar-refractivity contribution >= 4 is 16.9 Å². The van der Waals surface area contributed by atoms with E-state index < -0.39 is 12.0 Å². The largest absolute Gasteiger partial charge is 0.464 e. The predicted octanol–water partition coefficient (Wildman–Crippen LogP) is 3.66. The van der Waals surface area contributed by atoms with Crippen molar-refractivity contribution in [3.8, 4) is 11.3 Å². The minimum absolute atomic E-state index is 0.136. The van der Waals surface area contributed by atoms with Crippen LogP contribution in [0.2, 0.25) is 0 Å². The van der Waals surface area contributed by atoms with Crippen LogP contribution in [0.3, 0.4) is 0 Å². The minimum Gasteiger partial charge on any atom is -0.464 e. The number of benzene rings is 1. The van der Waals surface area contributed by atoms with E-state index in [1.807, 2.05) is 45.0 Å². The summed E-state index contributed by atoms with van der Waals surface area (Å²) in [5.41, 5.74) is 7.83. The number of carbonyl (C=O) groups excluding carboxylic acids is 1. The fourth-order valence-electron chi connectivity index (χ4n) is 2.52. The van der Waals surface area contributed by atoms with Crippen LogP contribution >= 0.6 is 0 Å². The van der Waals surface area contributed by atoms with Crippen molar-refractivity contribution in [2.75, 3.05) is 7.11 Å². The topological polar surface area (TPSA) is 94.1 Å². The summed E-state index contributed by atoms with van der Waals surface area (Å²) in [7, 11) is 1.32. The lowest BCUT2D eigenvalue weighted by Gasteiger charge is -2.23. The number of fused-ring (bicyclic) bond motifs is 1. The Morgan fingerprint density at radius 2 is 2.04 bits per heavy atom. The summed E-state index contributed by atoms with van der Waals surface area (Å²) in [5.74, 6) is 0.142. The summed E-state index contributed by atoms with van der Waals surface area (Å²) in [6.45, 7) is 5.97. The summed E-state index contributed by atoms with van der Waals surface area (Å²) in [5, 5.41) is 0.940. The Morgan fingerprint density at radius 1 is 1.33 bits per heavy atom. The van der Waals surface area contributed by atoms with Gasteiger partial charge in [0.25, 0.3) is 0 Å². The van der Waals surface area contributed by atoms with Crippen LogP contribution in [-0.2, 0) is 4.74 Å². The van der Waals surface area contributed by atoms with Crippen molar-refractivity contribution in [3.63, 3.8) is 0 Å². The highest BCUT2D eigenvalue weighted by Crippen LogP contribution is 2.36. The number of aromatic amines is 1. The molecule has 1 aromatic carbocycles. The molecule has 0 fully saturated rings. The van der Waals surface area contributed by atoms with E-state index in [-0.39, 0.29) is 11.1 Å². The Hall–Kier alpha value is -2.60. The molecular formula is C18H21N3O3. The maximum Gasteiger partial charge on any atom is 0.360 e. The second-order valence-electron chi connectivity index (χ2n) is 6.81. The van der Waals surface area contributed by atoms with Crippen LogP contribution in [0.15, 0.2) is 34.9 Å². The number of nitrogens with zero attached hydrogens (tertiary/aromatic N) is 1. The highest BCUT2D eigenvalue weighted by Gasteiger charge is 2.31. The summed E-state index contributed by atoms with van der Waals surface area (Å²) >= 11 is 0. The summed E-state index contributed by atoms with van der Waals surface area (Å²) in [6.07, 6.45) is 1.80. The molecule has 0 aliphatic carbocycles. The molecule has 0 saturated heterocycles. The monoisotopic (exact) mass is 327 g/mol. The Labute approximate surface area is 140 Å². The number of H-pyrrole nitrogens is 1. The van der Waals surface area contributed by atoms with Crippen LogP contribution in [0, 0.1) is 5.41 Å². The second-order valence-corrected chi connectivity index (χ2v) is 6.81. The lowest BCUT2D eigenvalue weighted by atomic mass is 9.87. The van der Waals surface area contributed by atoms with E-state index in [9.17, 15) is 4.79 Å². The number of para-hydroxylation sites is 1. The fourth-order valence-corrected chi connectivity index (χ4v) is 2.52. The Balaban J connectivity index is 2.19. The van der Waals surface area contributed by atoms with E-state index in [2.05, 4.69) is 9.97 Å². The van der Waals surface area contributed by atoms with E-state index in [0.717, 1.165) is 16.5 Å². The number of hydrogen-bond donors (Lipinski definition) is 2. The van der Waals surface area contributed by atoms with Gasteiger partial charge in [0, 0.05) is 22.7 Å². The molecule has 0 saturated carbocycles. The van der Waals surface area contributed by atoms with Gasteiger partial charge in [0.1, 0.15) is 0 Å². The quantitative estimate of drug-likeness (QED) is 0.716. The van der Waals surface area contributed by atoms with Gasteiger partial charge in [-0.2, -0.15) is 0 Å². The molecule has 2 aromatic heterocycles. The summed E-state index contributed by atoms with van der Waals surface area (Å²) in [6, 6.07) is 7.32. The number of carbonyl (C=O) groups is 1. The lowest BCUT2D eigenvalue weighted by Crippen LogP contribution is -2.26. The molecule has 1 atom stereocenters. The number of nitrogens with two attached hydrogens (primary N) is 1. The first-order chi connectivity index (χ1) is 11.3. The smallest absolute Gasteiger partial charge is 0.360 e. The van der Waals surface area contributed by atoms with Crippen LogP contribution in [0.4, 0.5) is 0 Å². The van der Waals surface area contributed by atoms with Crippen LogP contribution in [0.1, 0.15) is 43.2 Å². The molecule has 24 heavy (non-hydrogen) atoms. The Morgan fingerprint density at radius 3 is 2.71 bits per heavy atom. The van der Waals surface area contributed by atoms with E-state index in [1.54, 1.807) is 6.20 Å². The molecule has 0 radical (unpaired) electrons. The van der Waals surface area contributed by atoms with E-state index in [1.165, 1.54) is 7.11 Å². The van der Waals surface area contributed by atoms with Crippen molar-refractivity contribution in [1.29, 1.82) is 0 Å². The zero-order valence-corrected chi connectivity index (χ0v) is 14.2. The molecule has 126 valence electrons. The molecule has 0 spiro atoms. The third-order valence-electron chi connectivity index (χ3n) is 4.06. The number of ether oxygens (including phenoxy) is 1. The number of hydrogen-bond acceptors (Lipinski definition) is 5. The van der Waals surface area contributed by atoms with Crippen LogP contribution in [0.25, 0.3) is 22.2 Å². The summed E-state index contributed by atoms with van der Waals surface area (Å²) in [4.78, 5) is 19.7. The van der Waals surface area contributed by atoms with E-state index in [4.69, 9.17) is 14.9 Å². The van der Waals surface area contributed by atoms with Gasteiger partial charge >= 0.3 is 5.97 Å². The first kappa shape index (κ1) is 16.3. The van der Waals surface area contributed by atoms with Gasteiger partial charge in [-0.25, -0.2) is 9.78 Å². The lowest BCUT2D eigenvalue weighted by molar-refractivity contribution is 0.0595. The molecule has 2 heterocycles. The molecule has 6 heteroatoms. The van der Waals surface area contributed by atoms with Gasteiger partial charge in [0.05, 0.1) is 13.2 Å². The molecule has 0 bridgehead atoms. The highest BCUT2D eigenvalue weighted by atomic mass is 16.5. The molecule has 0 aliphatic rings. The van der Waals surface area contributed by atoms with Crippen LogP contribution < -0.4 is 5.73 Å². The zero-order chi connectivity index (χ0) is 17.5. The Kier molecular flexibility index (Phi) is 3.93. The van der Waals surface area contributed by atoms with Gasteiger partial charge in [0.15, 0.2) is 11.5 Å². The van der Waals surface area contributed by atoms with E-state index in [0.29, 0.717) is 11.7 Å². The van der Waals surface area contributed by atoms with Crippen molar-refractivity contribution in [1.82, 2.24) is 9.97 Å². The molecule has 3 aromatic rings. The fraction of sp³-hybridized carbons (Fsp3) is 0.333. The van der Waals surface area contributed by atoms with E-state index >= 15 is 0 Å². The van der Waals surface area contributed by atoms with Crippen LogP contribution in [0.5, 0.6) is 0 Å².